The molecule has 0 saturated carbocycles. The minimum absolute atomic E-state index is 0.0737. The molecule has 1 aliphatic heterocycles. The van der Waals surface area contributed by atoms with E-state index in [0.29, 0.717) is 30.8 Å². The predicted molar refractivity (Wildman–Crippen MR) is 84.9 cm³/mol. The number of nitro groups is 1. The van der Waals surface area contributed by atoms with Crippen molar-refractivity contribution in [1.29, 1.82) is 0 Å². The van der Waals surface area contributed by atoms with E-state index in [2.05, 4.69) is 5.16 Å². The van der Waals surface area contributed by atoms with Gasteiger partial charge >= 0.3 is 0 Å². The third kappa shape index (κ3) is 2.69. The number of hydrogen-bond acceptors (Lipinski definition) is 6. The Kier molecular flexibility index (Phi) is 4.14. The molecular weight excluding hydrogens is 334 g/mol. The number of hydrogen-bond donors (Lipinski definition) is 0. The Morgan fingerprint density at radius 2 is 2.12 bits per heavy atom. The number of aryl methyl sites for hydroxylation is 2. The zero-order valence-electron chi connectivity index (χ0n) is 13.3. The highest BCUT2D eigenvalue weighted by molar-refractivity contribution is 7.89. The zero-order valence-corrected chi connectivity index (χ0v) is 14.1. The summed E-state index contributed by atoms with van der Waals surface area (Å²) in [5, 5.41) is 14.8. The summed E-state index contributed by atoms with van der Waals surface area (Å²) in [6.07, 6.45) is 1.37. The second-order valence-electron chi connectivity index (χ2n) is 5.77. The van der Waals surface area contributed by atoms with E-state index >= 15 is 0 Å². The molecule has 0 N–H and O–H groups in total. The van der Waals surface area contributed by atoms with Crippen molar-refractivity contribution in [1.82, 2.24) is 9.46 Å². The monoisotopic (exact) mass is 351 g/mol. The first-order valence-corrected chi connectivity index (χ1v) is 8.95. The fraction of sp³-hybridized carbons (Fsp3) is 0.400. The smallest absolute Gasteiger partial charge is 0.270 e. The van der Waals surface area contributed by atoms with E-state index < -0.39 is 14.9 Å². The number of aromatic nitrogens is 1. The molecule has 0 spiro atoms. The Morgan fingerprint density at radius 1 is 1.38 bits per heavy atom. The van der Waals surface area contributed by atoms with Gasteiger partial charge in [-0.25, -0.2) is 8.42 Å². The van der Waals surface area contributed by atoms with Gasteiger partial charge in [0.2, 0.25) is 10.0 Å². The van der Waals surface area contributed by atoms with Gasteiger partial charge in [-0.1, -0.05) is 11.2 Å². The summed E-state index contributed by atoms with van der Waals surface area (Å²) in [5.74, 6) is 0.596. The average Bonchev–Trinajstić information content (AvgIpc) is 3.14. The van der Waals surface area contributed by atoms with Gasteiger partial charge in [-0.15, -0.1) is 0 Å². The lowest BCUT2D eigenvalue weighted by atomic mass is 10.0. The molecule has 0 aliphatic carbocycles. The van der Waals surface area contributed by atoms with Crippen LogP contribution in [0.25, 0.3) is 0 Å². The van der Waals surface area contributed by atoms with Crippen molar-refractivity contribution < 1.29 is 17.9 Å². The van der Waals surface area contributed by atoms with Crippen molar-refractivity contribution >= 4 is 15.7 Å². The maximum absolute atomic E-state index is 13.0. The molecule has 2 heterocycles. The van der Waals surface area contributed by atoms with Crippen molar-refractivity contribution in [2.24, 2.45) is 0 Å². The molecule has 1 aliphatic rings. The van der Waals surface area contributed by atoms with E-state index in [1.165, 1.54) is 22.5 Å². The van der Waals surface area contributed by atoms with Crippen LogP contribution in [-0.2, 0) is 10.0 Å². The van der Waals surface area contributed by atoms with Crippen LogP contribution in [0.4, 0.5) is 5.69 Å². The number of nitro benzene ring substituents is 1. The third-order valence-electron chi connectivity index (χ3n) is 4.26. The summed E-state index contributed by atoms with van der Waals surface area (Å²) in [5.41, 5.74) is 1.20. The summed E-state index contributed by atoms with van der Waals surface area (Å²) in [4.78, 5) is 10.2. The minimum Gasteiger partial charge on any atom is -0.361 e. The van der Waals surface area contributed by atoms with Crippen LogP contribution in [0.15, 0.2) is 33.7 Å². The summed E-state index contributed by atoms with van der Waals surface area (Å²) >= 11 is 0. The molecule has 0 bridgehead atoms. The highest BCUT2D eigenvalue weighted by atomic mass is 32.2. The van der Waals surface area contributed by atoms with Crippen LogP contribution in [0.1, 0.15) is 35.9 Å². The molecule has 2 aromatic rings. The zero-order chi connectivity index (χ0) is 17.5. The topological polar surface area (TPSA) is 107 Å². The largest absolute Gasteiger partial charge is 0.361 e. The SMILES string of the molecule is Cc1noc(C)c1[C@H]1CCCN1S(=O)(=O)c1cccc([N+](=O)[O-])c1. The number of nitrogens with zero attached hydrogens (tertiary/aromatic N) is 3. The standard InChI is InChI=1S/C15H17N3O5S/c1-10-15(11(2)23-16-10)14-7-4-8-17(14)24(21,22)13-6-3-5-12(9-13)18(19)20/h3,5-6,9,14H,4,7-8H2,1-2H3/t14-/m1/s1. The lowest BCUT2D eigenvalue weighted by Gasteiger charge is -2.24. The predicted octanol–water partition coefficient (Wildman–Crippen LogP) is 2.73. The van der Waals surface area contributed by atoms with Gasteiger partial charge in [0.15, 0.2) is 0 Å². The first-order valence-electron chi connectivity index (χ1n) is 7.51. The van der Waals surface area contributed by atoms with Gasteiger partial charge in [0.1, 0.15) is 5.76 Å². The van der Waals surface area contributed by atoms with Crippen LogP contribution in [0.3, 0.4) is 0 Å². The minimum atomic E-state index is -3.84. The van der Waals surface area contributed by atoms with Crippen LogP contribution >= 0.6 is 0 Å². The molecule has 8 nitrogen and oxygen atoms in total. The molecule has 1 atom stereocenters. The summed E-state index contributed by atoms with van der Waals surface area (Å²) in [7, 11) is -3.84. The maximum atomic E-state index is 13.0. The highest BCUT2D eigenvalue weighted by Gasteiger charge is 2.39. The molecular formula is C15H17N3O5S. The summed E-state index contributed by atoms with van der Waals surface area (Å²) < 4.78 is 32.5. The lowest BCUT2D eigenvalue weighted by molar-refractivity contribution is -0.385. The Hall–Kier alpha value is -2.26. The molecule has 1 saturated heterocycles. The van der Waals surface area contributed by atoms with Gasteiger partial charge in [-0.05, 0) is 32.8 Å². The number of sulfonamides is 1. The van der Waals surface area contributed by atoms with Gasteiger partial charge in [-0.2, -0.15) is 4.31 Å². The maximum Gasteiger partial charge on any atom is 0.270 e. The van der Waals surface area contributed by atoms with Crippen molar-refractivity contribution in [3.05, 3.63) is 51.4 Å². The first kappa shape index (κ1) is 16.6. The van der Waals surface area contributed by atoms with Crippen molar-refractivity contribution in [2.75, 3.05) is 6.54 Å². The molecule has 0 amide bonds. The van der Waals surface area contributed by atoms with E-state index in [-0.39, 0.29) is 16.6 Å². The first-order chi connectivity index (χ1) is 11.3. The van der Waals surface area contributed by atoms with E-state index in [0.717, 1.165) is 11.6 Å². The van der Waals surface area contributed by atoms with E-state index in [1.807, 2.05) is 0 Å². The van der Waals surface area contributed by atoms with Gasteiger partial charge in [0.25, 0.3) is 5.69 Å². The number of benzene rings is 1. The van der Waals surface area contributed by atoms with Gasteiger partial charge < -0.3 is 4.52 Å². The average molecular weight is 351 g/mol. The van der Waals surface area contributed by atoms with Crippen LogP contribution in [0.2, 0.25) is 0 Å². The lowest BCUT2D eigenvalue weighted by Crippen LogP contribution is -2.31. The van der Waals surface area contributed by atoms with Gasteiger partial charge in [-0.3, -0.25) is 10.1 Å². The molecule has 24 heavy (non-hydrogen) atoms. The van der Waals surface area contributed by atoms with Crippen molar-refractivity contribution in [3.8, 4) is 0 Å². The molecule has 1 aromatic heterocycles. The fourth-order valence-electron chi connectivity index (χ4n) is 3.18. The van der Waals surface area contributed by atoms with E-state index in [4.69, 9.17) is 4.52 Å². The van der Waals surface area contributed by atoms with E-state index in [1.54, 1.807) is 13.8 Å². The molecule has 128 valence electrons. The molecule has 9 heteroatoms. The summed E-state index contributed by atoms with van der Waals surface area (Å²) in [6.45, 7) is 3.90. The summed E-state index contributed by atoms with van der Waals surface area (Å²) in [6, 6.07) is 4.77. The van der Waals surface area contributed by atoms with E-state index in [9.17, 15) is 18.5 Å². The third-order valence-corrected chi connectivity index (χ3v) is 6.16. The molecule has 1 fully saturated rings. The van der Waals surface area contributed by atoms with Crippen LogP contribution in [0.5, 0.6) is 0 Å². The van der Waals surface area contributed by atoms with Crippen LogP contribution < -0.4 is 0 Å². The Morgan fingerprint density at radius 3 is 2.75 bits per heavy atom. The van der Waals surface area contributed by atoms with Crippen LogP contribution in [0, 0.1) is 24.0 Å². The number of rotatable bonds is 4. The second-order valence-corrected chi connectivity index (χ2v) is 7.66. The van der Waals surface area contributed by atoms with Gasteiger partial charge in [0.05, 0.1) is 21.6 Å². The quantitative estimate of drug-likeness (QED) is 0.619. The Balaban J connectivity index is 2.03. The molecule has 3 rings (SSSR count). The molecule has 0 unspecified atom stereocenters. The number of non-ortho nitro benzene ring substituents is 1. The highest BCUT2D eigenvalue weighted by Crippen LogP contribution is 2.39. The van der Waals surface area contributed by atoms with Crippen molar-refractivity contribution in [3.63, 3.8) is 0 Å². The fourth-order valence-corrected chi connectivity index (χ4v) is 4.88. The van der Waals surface area contributed by atoms with Crippen molar-refractivity contribution in [2.45, 2.75) is 37.6 Å². The normalized spacial score (nSPS) is 18.8. The van der Waals surface area contributed by atoms with Crippen LogP contribution in [-0.4, -0.2) is 29.3 Å². The molecule has 0 radical (unpaired) electrons. The Labute approximate surface area is 139 Å². The Bertz CT molecular complexity index is 871. The van der Waals surface area contributed by atoms with Gasteiger partial charge in [0, 0.05) is 24.2 Å². The molecule has 1 aromatic carbocycles. The second kappa shape index (κ2) is 5.99.